The molecule has 0 spiro atoms. The maximum absolute atomic E-state index is 11.5. The zero-order chi connectivity index (χ0) is 13.6. The van der Waals surface area contributed by atoms with Crippen molar-refractivity contribution in [3.8, 4) is 11.6 Å². The topological polar surface area (TPSA) is 48.0 Å². The molecule has 0 aliphatic heterocycles. The molecule has 0 fully saturated rings. The zero-order valence-electron chi connectivity index (χ0n) is 11.1. The lowest BCUT2D eigenvalue weighted by Gasteiger charge is -1.97. The van der Waals surface area contributed by atoms with Gasteiger partial charge in [0.1, 0.15) is 5.76 Å². The van der Waals surface area contributed by atoms with Crippen LogP contribution in [0.3, 0.4) is 0 Å². The number of hydrogen-bond donors (Lipinski definition) is 0. The molecule has 0 N–H and O–H groups in total. The van der Waals surface area contributed by atoms with Gasteiger partial charge in [-0.05, 0) is 32.0 Å². The molecule has 0 saturated heterocycles. The van der Waals surface area contributed by atoms with Crippen molar-refractivity contribution in [3.63, 3.8) is 0 Å². The van der Waals surface area contributed by atoms with Crippen molar-refractivity contribution < 1.29 is 9.21 Å². The third kappa shape index (κ3) is 1.76. The monoisotopic (exact) mass is 254 g/mol. The van der Waals surface area contributed by atoms with E-state index < -0.39 is 0 Å². The highest BCUT2D eigenvalue weighted by Crippen LogP contribution is 2.27. The van der Waals surface area contributed by atoms with Crippen molar-refractivity contribution in [2.24, 2.45) is 7.05 Å². The maximum atomic E-state index is 11.5. The van der Waals surface area contributed by atoms with Crippen LogP contribution in [0.25, 0.3) is 22.6 Å². The molecule has 1 aromatic carbocycles. The Labute approximate surface area is 110 Å². The van der Waals surface area contributed by atoms with Crippen molar-refractivity contribution in [3.05, 3.63) is 41.7 Å². The molecular formula is C15H14N2O2. The number of carbonyl (C=O) groups excluding carboxylic acids is 1. The van der Waals surface area contributed by atoms with Gasteiger partial charge >= 0.3 is 0 Å². The first-order valence-corrected chi connectivity index (χ1v) is 6.11. The first-order chi connectivity index (χ1) is 9.08. The van der Waals surface area contributed by atoms with Crippen LogP contribution in [-0.2, 0) is 7.05 Å². The molecule has 0 aliphatic carbocycles. The number of fused-ring (bicyclic) bond motifs is 1. The second-order valence-electron chi connectivity index (χ2n) is 4.62. The summed E-state index contributed by atoms with van der Waals surface area (Å²) in [5.41, 5.74) is 2.57. The molecule has 2 aromatic heterocycles. The molecule has 0 radical (unpaired) electrons. The molecule has 0 amide bonds. The number of Topliss-reactive ketones (excluding diaryl/α,β-unsaturated/α-hetero) is 1. The summed E-state index contributed by atoms with van der Waals surface area (Å²) in [6.07, 6.45) is 0. The lowest BCUT2D eigenvalue weighted by atomic mass is 10.2. The average molecular weight is 254 g/mol. The predicted octanol–water partition coefficient (Wildman–Crippen LogP) is 3.34. The number of furan rings is 1. The van der Waals surface area contributed by atoms with Gasteiger partial charge in [-0.2, -0.15) is 0 Å². The van der Waals surface area contributed by atoms with E-state index in [1.54, 1.807) is 13.0 Å². The van der Waals surface area contributed by atoms with Crippen LogP contribution in [0.1, 0.15) is 23.0 Å². The number of imidazole rings is 1. The van der Waals surface area contributed by atoms with Gasteiger partial charge in [-0.1, -0.05) is 12.1 Å². The van der Waals surface area contributed by atoms with E-state index in [-0.39, 0.29) is 5.78 Å². The van der Waals surface area contributed by atoms with Crippen LogP contribution in [-0.4, -0.2) is 15.3 Å². The highest BCUT2D eigenvalue weighted by Gasteiger charge is 2.17. The Hall–Kier alpha value is -2.36. The molecule has 19 heavy (non-hydrogen) atoms. The number of ketones is 1. The van der Waals surface area contributed by atoms with E-state index in [1.165, 1.54) is 6.92 Å². The van der Waals surface area contributed by atoms with E-state index in [2.05, 4.69) is 4.98 Å². The minimum absolute atomic E-state index is 0.00580. The van der Waals surface area contributed by atoms with Gasteiger partial charge in [-0.3, -0.25) is 4.79 Å². The lowest BCUT2D eigenvalue weighted by molar-refractivity contribution is 0.101. The van der Waals surface area contributed by atoms with Crippen LogP contribution in [0.2, 0.25) is 0 Å². The fourth-order valence-electron chi connectivity index (χ4n) is 2.31. The van der Waals surface area contributed by atoms with Crippen molar-refractivity contribution in [2.75, 3.05) is 0 Å². The number of para-hydroxylation sites is 2. The van der Waals surface area contributed by atoms with Crippen LogP contribution in [0.15, 0.2) is 34.7 Å². The number of rotatable bonds is 2. The zero-order valence-corrected chi connectivity index (χ0v) is 11.1. The summed E-state index contributed by atoms with van der Waals surface area (Å²) in [4.78, 5) is 16.0. The Kier molecular flexibility index (Phi) is 2.52. The van der Waals surface area contributed by atoms with Gasteiger partial charge in [0.25, 0.3) is 0 Å². The fraction of sp³-hybridized carbons (Fsp3) is 0.200. The summed E-state index contributed by atoms with van der Waals surface area (Å²) < 4.78 is 7.64. The molecule has 3 aromatic rings. The van der Waals surface area contributed by atoms with Crippen molar-refractivity contribution in [2.45, 2.75) is 13.8 Å². The molecule has 3 rings (SSSR count). The van der Waals surface area contributed by atoms with Crippen LogP contribution < -0.4 is 0 Å². The summed E-state index contributed by atoms with van der Waals surface area (Å²) in [6, 6.07) is 9.66. The summed E-state index contributed by atoms with van der Waals surface area (Å²) in [5.74, 6) is 2.00. The number of hydrogen-bond acceptors (Lipinski definition) is 3. The summed E-state index contributed by atoms with van der Waals surface area (Å²) in [7, 11) is 1.94. The normalized spacial score (nSPS) is 11.1. The van der Waals surface area contributed by atoms with Gasteiger partial charge in [0.05, 0.1) is 16.6 Å². The second kappa shape index (κ2) is 4.09. The fourth-order valence-corrected chi connectivity index (χ4v) is 2.31. The van der Waals surface area contributed by atoms with Gasteiger partial charge in [0.2, 0.25) is 0 Å². The van der Waals surface area contributed by atoms with Crippen molar-refractivity contribution in [1.82, 2.24) is 9.55 Å². The molecule has 4 heteroatoms. The maximum Gasteiger partial charge on any atom is 0.177 e. The van der Waals surface area contributed by atoms with E-state index >= 15 is 0 Å². The molecule has 2 heterocycles. The molecule has 0 atom stereocenters. The summed E-state index contributed by atoms with van der Waals surface area (Å²) in [5, 5.41) is 0. The van der Waals surface area contributed by atoms with Crippen molar-refractivity contribution in [1.29, 1.82) is 0 Å². The summed E-state index contributed by atoms with van der Waals surface area (Å²) >= 11 is 0. The predicted molar refractivity (Wildman–Crippen MR) is 73.2 cm³/mol. The number of carbonyl (C=O) groups is 1. The van der Waals surface area contributed by atoms with E-state index in [9.17, 15) is 4.79 Å². The first-order valence-electron chi connectivity index (χ1n) is 6.11. The molecule has 96 valence electrons. The molecular weight excluding hydrogens is 240 g/mol. The summed E-state index contributed by atoms with van der Waals surface area (Å²) in [6.45, 7) is 3.33. The number of nitrogens with zero attached hydrogens (tertiary/aromatic N) is 2. The van der Waals surface area contributed by atoms with Crippen LogP contribution in [0, 0.1) is 6.92 Å². The Morgan fingerprint density at radius 1 is 1.32 bits per heavy atom. The molecule has 0 unspecified atom stereocenters. The third-order valence-corrected chi connectivity index (χ3v) is 3.30. The van der Waals surface area contributed by atoms with Gasteiger partial charge in [-0.15, -0.1) is 0 Å². The van der Waals surface area contributed by atoms with E-state index in [4.69, 9.17) is 4.42 Å². The number of benzene rings is 1. The first kappa shape index (κ1) is 11.7. The number of aromatic nitrogens is 2. The number of aryl methyl sites for hydroxylation is 2. The third-order valence-electron chi connectivity index (χ3n) is 3.30. The van der Waals surface area contributed by atoms with E-state index in [0.29, 0.717) is 17.1 Å². The lowest BCUT2D eigenvalue weighted by Crippen LogP contribution is -1.91. The smallest absolute Gasteiger partial charge is 0.177 e. The second-order valence-corrected chi connectivity index (χ2v) is 4.62. The molecule has 0 bridgehead atoms. The molecule has 4 nitrogen and oxygen atoms in total. The minimum atomic E-state index is 0.00580. The van der Waals surface area contributed by atoms with Crippen LogP contribution >= 0.6 is 0 Å². The molecule has 0 saturated carbocycles. The van der Waals surface area contributed by atoms with E-state index in [1.807, 2.05) is 35.9 Å². The van der Waals surface area contributed by atoms with Crippen molar-refractivity contribution >= 4 is 16.8 Å². The SMILES string of the molecule is CC(=O)c1cc(-c2nc3ccccc3n2C)oc1C. The minimum Gasteiger partial charge on any atom is -0.457 e. The van der Waals surface area contributed by atoms with Gasteiger partial charge in [0, 0.05) is 7.05 Å². The Balaban J connectivity index is 2.22. The highest BCUT2D eigenvalue weighted by molar-refractivity contribution is 5.96. The Bertz CT molecular complexity index is 781. The Morgan fingerprint density at radius 2 is 2.05 bits per heavy atom. The van der Waals surface area contributed by atoms with Gasteiger partial charge in [0.15, 0.2) is 17.4 Å². The largest absolute Gasteiger partial charge is 0.457 e. The van der Waals surface area contributed by atoms with Gasteiger partial charge < -0.3 is 8.98 Å². The van der Waals surface area contributed by atoms with E-state index in [0.717, 1.165) is 16.9 Å². The Morgan fingerprint density at radius 3 is 2.68 bits per heavy atom. The van der Waals surface area contributed by atoms with Gasteiger partial charge in [-0.25, -0.2) is 4.98 Å². The van der Waals surface area contributed by atoms with Crippen LogP contribution in [0.4, 0.5) is 0 Å². The average Bonchev–Trinajstić information content (AvgIpc) is 2.91. The standard InChI is InChI=1S/C15H14N2O2/c1-9(18)11-8-14(19-10(11)2)15-16-12-6-4-5-7-13(12)17(15)3/h4-8H,1-3H3. The highest BCUT2D eigenvalue weighted by atomic mass is 16.3. The van der Waals surface area contributed by atoms with Crippen LogP contribution in [0.5, 0.6) is 0 Å². The molecule has 0 aliphatic rings. The quantitative estimate of drug-likeness (QED) is 0.659.